The van der Waals surface area contributed by atoms with Crippen molar-refractivity contribution in [3.05, 3.63) is 82.0 Å². The van der Waals surface area contributed by atoms with Crippen LogP contribution >= 0.6 is 0 Å². The maximum Gasteiger partial charge on any atom is 0.269 e. The predicted molar refractivity (Wildman–Crippen MR) is 86.3 cm³/mol. The van der Waals surface area contributed by atoms with Gasteiger partial charge in [0.1, 0.15) is 11.4 Å². The fraction of sp³-hybridized carbons (Fsp3) is 0. The van der Waals surface area contributed by atoms with Gasteiger partial charge in [0.2, 0.25) is 5.78 Å². The minimum absolute atomic E-state index is 0.0167. The van der Waals surface area contributed by atoms with Crippen molar-refractivity contribution in [2.24, 2.45) is 0 Å². The van der Waals surface area contributed by atoms with Crippen molar-refractivity contribution in [1.82, 2.24) is 15.0 Å². The lowest BCUT2D eigenvalue weighted by molar-refractivity contribution is -0.384. The molecule has 2 aromatic carbocycles. The number of ketones is 1. The summed E-state index contributed by atoms with van der Waals surface area (Å²) in [6.07, 6.45) is 1.52. The van der Waals surface area contributed by atoms with Crippen molar-refractivity contribution in [2.45, 2.75) is 0 Å². The Morgan fingerprint density at radius 3 is 2.33 bits per heavy atom. The summed E-state index contributed by atoms with van der Waals surface area (Å²) in [4.78, 5) is 22.7. The van der Waals surface area contributed by atoms with Crippen molar-refractivity contribution in [3.63, 3.8) is 0 Å². The van der Waals surface area contributed by atoms with Crippen LogP contribution in [0.3, 0.4) is 0 Å². The van der Waals surface area contributed by atoms with Crippen molar-refractivity contribution >= 4 is 17.2 Å². The van der Waals surface area contributed by atoms with E-state index in [0.717, 1.165) is 5.56 Å². The molecule has 0 atom stereocenters. The first kappa shape index (κ1) is 14.0. The molecule has 0 radical (unpaired) electrons. The third-order valence-corrected chi connectivity index (χ3v) is 3.82. The van der Waals surface area contributed by atoms with E-state index >= 15 is 0 Å². The Kier molecular flexibility index (Phi) is 3.06. The second kappa shape index (κ2) is 5.24. The topological polar surface area (TPSA) is 90.9 Å². The van der Waals surface area contributed by atoms with Crippen LogP contribution in [0.15, 0.2) is 60.7 Å². The van der Waals surface area contributed by atoms with Gasteiger partial charge < -0.3 is 0 Å². The second-order valence-corrected chi connectivity index (χ2v) is 5.26. The average molecular weight is 318 g/mol. The predicted octanol–water partition coefficient (Wildman–Crippen LogP) is 2.94. The zero-order valence-corrected chi connectivity index (χ0v) is 12.3. The molecule has 7 nitrogen and oxygen atoms in total. The highest BCUT2D eigenvalue weighted by Gasteiger charge is 2.29. The number of rotatable bonds is 3. The number of hydrogen-bond acceptors (Lipinski definition) is 5. The summed E-state index contributed by atoms with van der Waals surface area (Å²) in [5.74, 6) is -0.188. The summed E-state index contributed by atoms with van der Waals surface area (Å²) < 4.78 is 1.51. The molecule has 1 aliphatic heterocycles. The zero-order chi connectivity index (χ0) is 16.7. The molecule has 2 heterocycles. The van der Waals surface area contributed by atoms with Gasteiger partial charge >= 0.3 is 0 Å². The highest BCUT2D eigenvalue weighted by Crippen LogP contribution is 2.31. The van der Waals surface area contributed by atoms with E-state index in [1.54, 1.807) is 12.1 Å². The van der Waals surface area contributed by atoms with Gasteiger partial charge in [-0.2, -0.15) is 0 Å². The first-order valence-electron chi connectivity index (χ1n) is 7.17. The molecule has 0 saturated heterocycles. The number of allylic oxidation sites excluding steroid dienone is 1. The van der Waals surface area contributed by atoms with Crippen LogP contribution in [0.2, 0.25) is 0 Å². The number of nitrogens with zero attached hydrogens (tertiary/aromatic N) is 4. The molecule has 24 heavy (non-hydrogen) atoms. The van der Waals surface area contributed by atoms with E-state index in [9.17, 15) is 14.9 Å². The summed E-state index contributed by atoms with van der Waals surface area (Å²) in [6, 6.07) is 15.3. The maximum absolute atomic E-state index is 12.4. The molecular formula is C17H10N4O3. The lowest BCUT2D eigenvalue weighted by Crippen LogP contribution is -2.01. The number of nitro groups is 1. The van der Waals surface area contributed by atoms with Crippen LogP contribution in [-0.4, -0.2) is 25.7 Å². The summed E-state index contributed by atoms with van der Waals surface area (Å²) in [5, 5.41) is 18.9. The Morgan fingerprint density at radius 1 is 0.958 bits per heavy atom. The molecule has 0 saturated carbocycles. The Morgan fingerprint density at radius 2 is 1.67 bits per heavy atom. The van der Waals surface area contributed by atoms with E-state index in [-0.39, 0.29) is 11.5 Å². The second-order valence-electron chi connectivity index (χ2n) is 5.26. The van der Waals surface area contributed by atoms with Crippen molar-refractivity contribution < 1.29 is 9.72 Å². The van der Waals surface area contributed by atoms with Crippen molar-refractivity contribution in [3.8, 4) is 11.3 Å². The number of carbonyl (C=O) groups is 1. The molecule has 0 N–H and O–H groups in total. The minimum atomic E-state index is -0.472. The number of carbonyl (C=O) groups excluding carboxylic acids is 1. The molecule has 1 aromatic heterocycles. The molecule has 7 heteroatoms. The van der Waals surface area contributed by atoms with E-state index in [1.165, 1.54) is 22.9 Å². The smallest absolute Gasteiger partial charge is 0.269 e. The first-order chi connectivity index (χ1) is 11.6. The number of fused-ring (bicyclic) bond motifs is 1. The molecule has 0 amide bonds. The van der Waals surface area contributed by atoms with Gasteiger partial charge in [-0.05, 0) is 12.1 Å². The summed E-state index contributed by atoms with van der Waals surface area (Å²) in [7, 11) is 0. The molecule has 0 bridgehead atoms. The van der Waals surface area contributed by atoms with Crippen LogP contribution in [0.4, 0.5) is 5.69 Å². The van der Waals surface area contributed by atoms with Crippen LogP contribution < -0.4 is 0 Å². The van der Waals surface area contributed by atoms with Gasteiger partial charge in [-0.25, -0.2) is 4.68 Å². The maximum atomic E-state index is 12.4. The molecule has 3 aromatic rings. The van der Waals surface area contributed by atoms with Crippen molar-refractivity contribution in [2.75, 3.05) is 0 Å². The number of non-ortho nitro benzene ring substituents is 1. The van der Waals surface area contributed by atoms with Gasteiger partial charge in [0, 0.05) is 29.3 Å². The molecule has 116 valence electrons. The number of aromatic nitrogens is 3. The van der Waals surface area contributed by atoms with E-state index in [1.807, 2.05) is 30.3 Å². The van der Waals surface area contributed by atoms with Crippen LogP contribution in [-0.2, 0) is 0 Å². The Bertz CT molecular complexity index is 988. The fourth-order valence-electron chi connectivity index (χ4n) is 2.68. The molecule has 1 aliphatic rings. The van der Waals surface area contributed by atoms with Crippen LogP contribution in [0.25, 0.3) is 17.0 Å². The third-order valence-electron chi connectivity index (χ3n) is 3.82. The highest BCUT2D eigenvalue weighted by atomic mass is 16.6. The van der Waals surface area contributed by atoms with E-state index in [2.05, 4.69) is 10.3 Å². The lowest BCUT2D eigenvalue weighted by Gasteiger charge is -2.03. The molecule has 0 fully saturated rings. The SMILES string of the molecule is O=C1C=C(c2ccccc2)n2nnc(-c3ccc([N+](=O)[O-])cc3)c21. The lowest BCUT2D eigenvalue weighted by atomic mass is 10.1. The van der Waals surface area contributed by atoms with Crippen LogP contribution in [0.5, 0.6) is 0 Å². The van der Waals surface area contributed by atoms with Gasteiger partial charge in [0.05, 0.1) is 10.6 Å². The Balaban J connectivity index is 1.78. The van der Waals surface area contributed by atoms with Gasteiger partial charge in [-0.1, -0.05) is 35.5 Å². The summed E-state index contributed by atoms with van der Waals surface area (Å²) >= 11 is 0. The summed E-state index contributed by atoms with van der Waals surface area (Å²) in [6.45, 7) is 0. The number of benzene rings is 2. The highest BCUT2D eigenvalue weighted by molar-refractivity contribution is 6.15. The normalized spacial score (nSPS) is 12.8. The molecule has 0 aliphatic carbocycles. The third kappa shape index (κ3) is 2.11. The first-order valence-corrected chi connectivity index (χ1v) is 7.17. The minimum Gasteiger partial charge on any atom is -0.287 e. The fourth-order valence-corrected chi connectivity index (χ4v) is 2.68. The van der Waals surface area contributed by atoms with E-state index < -0.39 is 4.92 Å². The Labute approximate surface area is 136 Å². The molecular weight excluding hydrogens is 308 g/mol. The quantitative estimate of drug-likeness (QED) is 0.547. The average Bonchev–Trinajstić information content (AvgIpc) is 3.17. The number of nitro benzene ring substituents is 1. The van der Waals surface area contributed by atoms with Gasteiger partial charge in [0.15, 0.2) is 0 Å². The monoisotopic (exact) mass is 318 g/mol. The number of hydrogen-bond donors (Lipinski definition) is 0. The van der Waals surface area contributed by atoms with Gasteiger partial charge in [0.25, 0.3) is 5.69 Å². The summed E-state index contributed by atoms with van der Waals surface area (Å²) in [5.41, 5.74) is 2.90. The van der Waals surface area contributed by atoms with Crippen LogP contribution in [0, 0.1) is 10.1 Å². The van der Waals surface area contributed by atoms with Crippen molar-refractivity contribution in [1.29, 1.82) is 0 Å². The van der Waals surface area contributed by atoms with E-state index in [0.29, 0.717) is 22.6 Å². The Hall–Kier alpha value is -3.61. The van der Waals surface area contributed by atoms with Gasteiger partial charge in [-0.3, -0.25) is 14.9 Å². The molecule has 0 spiro atoms. The standard InChI is InChI=1S/C17H10N4O3/c22-15-10-14(11-4-2-1-3-5-11)20-17(15)16(18-19-20)12-6-8-13(9-7-12)21(23)24/h1-10H. The largest absolute Gasteiger partial charge is 0.287 e. The van der Waals surface area contributed by atoms with Crippen LogP contribution in [0.1, 0.15) is 16.1 Å². The van der Waals surface area contributed by atoms with Gasteiger partial charge in [-0.15, -0.1) is 5.10 Å². The zero-order valence-electron chi connectivity index (χ0n) is 12.3. The van der Waals surface area contributed by atoms with E-state index in [4.69, 9.17) is 0 Å². The molecule has 0 unspecified atom stereocenters. The molecule has 4 rings (SSSR count).